The van der Waals surface area contributed by atoms with Crippen LogP contribution in [0.25, 0.3) is 0 Å². The highest BCUT2D eigenvalue weighted by atomic mass is 32.2. The number of hydrogen-bond acceptors (Lipinski definition) is 5. The molecule has 1 N–H and O–H groups in total. The Morgan fingerprint density at radius 2 is 1.81 bits per heavy atom. The number of hydrogen-bond donors (Lipinski definition) is 1. The molecule has 0 aliphatic carbocycles. The second kappa shape index (κ2) is 9.07. The van der Waals surface area contributed by atoms with E-state index in [1.165, 1.54) is 4.31 Å². The van der Waals surface area contributed by atoms with E-state index in [9.17, 15) is 18.0 Å². The van der Waals surface area contributed by atoms with Gasteiger partial charge in [-0.05, 0) is 25.0 Å². The monoisotopic (exact) mass is 411 g/mol. The molecule has 0 bridgehead atoms. The van der Waals surface area contributed by atoms with Gasteiger partial charge in [0.25, 0.3) is 0 Å². The summed E-state index contributed by atoms with van der Waals surface area (Å²) in [6.07, 6.45) is 1.25. The number of nitrogens with zero attached hydrogens (tertiary/aromatic N) is 2. The number of sulfonamides is 1. The van der Waals surface area contributed by atoms with Crippen LogP contribution in [0.4, 0.5) is 0 Å². The SMILES string of the molecule is O=C(NCC(=O)N1CCSCC1)C1CCCN(S(=O)(=O)c2ccccc2)C1. The third-order valence-electron chi connectivity index (χ3n) is 4.91. The molecule has 3 rings (SSSR count). The van der Waals surface area contributed by atoms with Gasteiger partial charge in [0.1, 0.15) is 0 Å². The Morgan fingerprint density at radius 3 is 2.52 bits per heavy atom. The zero-order chi connectivity index (χ0) is 19.3. The lowest BCUT2D eigenvalue weighted by Gasteiger charge is -2.31. The van der Waals surface area contributed by atoms with Crippen LogP contribution in [0.1, 0.15) is 12.8 Å². The molecule has 2 fully saturated rings. The maximum absolute atomic E-state index is 12.8. The highest BCUT2D eigenvalue weighted by Crippen LogP contribution is 2.23. The predicted octanol–water partition coefficient (Wildman–Crippen LogP) is 0.779. The summed E-state index contributed by atoms with van der Waals surface area (Å²) in [6, 6.07) is 8.27. The molecule has 2 amide bonds. The van der Waals surface area contributed by atoms with Crippen LogP contribution in [0.3, 0.4) is 0 Å². The van der Waals surface area contributed by atoms with Crippen molar-refractivity contribution in [2.24, 2.45) is 5.92 Å². The van der Waals surface area contributed by atoms with Gasteiger partial charge in [-0.1, -0.05) is 18.2 Å². The number of piperidine rings is 1. The van der Waals surface area contributed by atoms with E-state index >= 15 is 0 Å². The molecule has 7 nitrogen and oxygen atoms in total. The zero-order valence-electron chi connectivity index (χ0n) is 15.2. The summed E-state index contributed by atoms with van der Waals surface area (Å²) in [5.74, 6) is 1.10. The van der Waals surface area contributed by atoms with Crippen molar-refractivity contribution in [2.75, 3.05) is 44.2 Å². The third kappa shape index (κ3) is 5.03. The molecule has 27 heavy (non-hydrogen) atoms. The van der Waals surface area contributed by atoms with Gasteiger partial charge in [-0.25, -0.2) is 8.42 Å². The van der Waals surface area contributed by atoms with Crippen molar-refractivity contribution in [3.8, 4) is 0 Å². The first-order valence-electron chi connectivity index (χ1n) is 9.17. The van der Waals surface area contributed by atoms with Gasteiger partial charge in [0.2, 0.25) is 21.8 Å². The molecule has 1 aromatic carbocycles. The summed E-state index contributed by atoms with van der Waals surface area (Å²) in [4.78, 5) is 26.7. The highest BCUT2D eigenvalue weighted by molar-refractivity contribution is 7.99. The van der Waals surface area contributed by atoms with Crippen LogP contribution in [0.5, 0.6) is 0 Å². The van der Waals surface area contributed by atoms with Crippen LogP contribution in [0.15, 0.2) is 35.2 Å². The van der Waals surface area contributed by atoms with Crippen LogP contribution in [0, 0.1) is 5.92 Å². The van der Waals surface area contributed by atoms with Crippen molar-refractivity contribution in [3.63, 3.8) is 0 Å². The zero-order valence-corrected chi connectivity index (χ0v) is 16.8. The van der Waals surface area contributed by atoms with Gasteiger partial charge in [0, 0.05) is 37.7 Å². The molecule has 148 valence electrons. The summed E-state index contributed by atoms with van der Waals surface area (Å²) in [5.41, 5.74) is 0. The van der Waals surface area contributed by atoms with E-state index in [0.29, 0.717) is 32.5 Å². The molecular formula is C18H25N3O4S2. The first kappa shape index (κ1) is 20.2. The van der Waals surface area contributed by atoms with E-state index < -0.39 is 15.9 Å². The van der Waals surface area contributed by atoms with Crippen molar-refractivity contribution in [1.82, 2.24) is 14.5 Å². The van der Waals surface area contributed by atoms with E-state index in [1.807, 2.05) is 11.8 Å². The van der Waals surface area contributed by atoms with Gasteiger partial charge < -0.3 is 10.2 Å². The number of carbonyl (C=O) groups is 2. The molecule has 0 spiro atoms. The van der Waals surface area contributed by atoms with Crippen molar-refractivity contribution in [2.45, 2.75) is 17.7 Å². The van der Waals surface area contributed by atoms with E-state index in [4.69, 9.17) is 0 Å². The number of carbonyl (C=O) groups excluding carboxylic acids is 2. The maximum Gasteiger partial charge on any atom is 0.243 e. The molecule has 2 saturated heterocycles. The molecule has 0 saturated carbocycles. The molecule has 2 aliphatic heterocycles. The van der Waals surface area contributed by atoms with Gasteiger partial charge in [-0.3, -0.25) is 9.59 Å². The molecule has 1 atom stereocenters. The fourth-order valence-corrected chi connectivity index (χ4v) is 5.80. The molecule has 1 unspecified atom stereocenters. The second-order valence-corrected chi connectivity index (χ2v) is 9.89. The summed E-state index contributed by atoms with van der Waals surface area (Å²) in [5, 5.41) is 2.70. The first-order valence-corrected chi connectivity index (χ1v) is 11.8. The summed E-state index contributed by atoms with van der Waals surface area (Å²) >= 11 is 1.82. The van der Waals surface area contributed by atoms with Crippen LogP contribution in [-0.4, -0.2) is 73.7 Å². The minimum atomic E-state index is -3.60. The van der Waals surface area contributed by atoms with E-state index in [1.54, 1.807) is 35.2 Å². The Labute approximate surface area is 164 Å². The molecule has 0 aromatic heterocycles. The van der Waals surface area contributed by atoms with Crippen molar-refractivity contribution in [3.05, 3.63) is 30.3 Å². The molecule has 9 heteroatoms. The van der Waals surface area contributed by atoms with Crippen LogP contribution in [0.2, 0.25) is 0 Å². The molecule has 2 aliphatic rings. The van der Waals surface area contributed by atoms with Gasteiger partial charge in [0.05, 0.1) is 17.4 Å². The van der Waals surface area contributed by atoms with Gasteiger partial charge in [-0.15, -0.1) is 0 Å². The van der Waals surface area contributed by atoms with Gasteiger partial charge >= 0.3 is 0 Å². The largest absolute Gasteiger partial charge is 0.347 e. The average Bonchev–Trinajstić information content (AvgIpc) is 2.73. The Morgan fingerprint density at radius 1 is 1.11 bits per heavy atom. The normalized spacial score (nSPS) is 21.6. The molecule has 2 heterocycles. The number of rotatable bonds is 5. The summed E-state index contributed by atoms with van der Waals surface area (Å²) in [7, 11) is -3.60. The number of thioether (sulfide) groups is 1. The van der Waals surface area contributed by atoms with Crippen molar-refractivity contribution < 1.29 is 18.0 Å². The lowest BCUT2D eigenvalue weighted by atomic mass is 9.99. The standard InChI is InChI=1S/C18H25N3O4S2/c22-17(20-9-11-26-12-10-20)13-19-18(23)15-5-4-8-21(14-15)27(24,25)16-6-2-1-3-7-16/h1-3,6-7,15H,4-5,8-14H2,(H,19,23). The Kier molecular flexibility index (Phi) is 6.78. The molecule has 1 aromatic rings. The van der Waals surface area contributed by atoms with Crippen LogP contribution < -0.4 is 5.32 Å². The summed E-state index contributed by atoms with van der Waals surface area (Å²) in [6.45, 7) is 1.96. The van der Waals surface area contributed by atoms with Crippen LogP contribution >= 0.6 is 11.8 Å². The Bertz CT molecular complexity index is 764. The summed E-state index contributed by atoms with van der Waals surface area (Å²) < 4.78 is 26.9. The fraction of sp³-hybridized carbons (Fsp3) is 0.556. The second-order valence-electron chi connectivity index (χ2n) is 6.73. The van der Waals surface area contributed by atoms with E-state index in [-0.39, 0.29) is 29.8 Å². The number of amides is 2. The van der Waals surface area contributed by atoms with Gasteiger partial charge in [0.15, 0.2) is 0 Å². The Hall–Kier alpha value is -1.58. The third-order valence-corrected chi connectivity index (χ3v) is 7.74. The number of nitrogens with one attached hydrogen (secondary N) is 1. The van der Waals surface area contributed by atoms with Gasteiger partial charge in [-0.2, -0.15) is 16.1 Å². The maximum atomic E-state index is 12.8. The lowest BCUT2D eigenvalue weighted by molar-refractivity contribution is -0.134. The first-order chi connectivity index (χ1) is 13.0. The topological polar surface area (TPSA) is 86.8 Å². The molecular weight excluding hydrogens is 386 g/mol. The van der Waals surface area contributed by atoms with Crippen molar-refractivity contribution >= 4 is 33.6 Å². The lowest BCUT2D eigenvalue weighted by Crippen LogP contribution is -2.48. The van der Waals surface area contributed by atoms with E-state index in [0.717, 1.165) is 11.5 Å². The highest BCUT2D eigenvalue weighted by Gasteiger charge is 2.33. The average molecular weight is 412 g/mol. The quantitative estimate of drug-likeness (QED) is 0.774. The van der Waals surface area contributed by atoms with Crippen LogP contribution in [-0.2, 0) is 19.6 Å². The predicted molar refractivity (Wildman–Crippen MR) is 105 cm³/mol. The van der Waals surface area contributed by atoms with Crippen molar-refractivity contribution in [1.29, 1.82) is 0 Å². The fourth-order valence-electron chi connectivity index (χ4n) is 3.35. The van der Waals surface area contributed by atoms with E-state index in [2.05, 4.69) is 5.32 Å². The molecule has 0 radical (unpaired) electrons. The minimum Gasteiger partial charge on any atom is -0.347 e. The minimum absolute atomic E-state index is 0.0224. The number of benzene rings is 1. The Balaban J connectivity index is 1.55. The smallest absolute Gasteiger partial charge is 0.243 e.